The Labute approximate surface area is 217 Å². The second-order valence-corrected chi connectivity index (χ2v) is 9.85. The highest BCUT2D eigenvalue weighted by Crippen LogP contribution is 2.37. The number of carbonyl (C=O) groups excluding carboxylic acids is 1. The predicted molar refractivity (Wildman–Crippen MR) is 138 cm³/mol. The lowest BCUT2D eigenvalue weighted by atomic mass is 10.1. The molecule has 1 unspecified atom stereocenters. The fourth-order valence-corrected chi connectivity index (χ4v) is 5.83. The Hall–Kier alpha value is -3.54. The summed E-state index contributed by atoms with van der Waals surface area (Å²) in [6.07, 6.45) is 3.89. The third kappa shape index (κ3) is 5.15. The van der Waals surface area contributed by atoms with Crippen LogP contribution in [0.2, 0.25) is 0 Å². The zero-order chi connectivity index (χ0) is 25.9. The van der Waals surface area contributed by atoms with Gasteiger partial charge in [-0.15, -0.1) is 11.3 Å². The molecule has 3 aromatic heterocycles. The van der Waals surface area contributed by atoms with Gasteiger partial charge in [-0.05, 0) is 31.4 Å². The average molecular weight is 525 g/mol. The van der Waals surface area contributed by atoms with Gasteiger partial charge in [-0.1, -0.05) is 18.2 Å². The molecule has 11 heteroatoms. The maximum Gasteiger partial charge on any atom is 0.236 e. The number of amides is 1. The molecule has 0 aliphatic carbocycles. The standard InChI is InChI=1S/C26H28N4O6S/c1-15-22-23(32)18(13-21(27)31)29-30(26(22)37-24(15)25-28-9-12-35-25)14-20(36-16-7-10-34-11-8-16)17-5-3-4-6-19(17)33-2/h3-6,9,12,16,20H,7-8,10-11,13-14H2,1-2H3,(H2,27,31). The van der Waals surface area contributed by atoms with Crippen LogP contribution in [0.1, 0.15) is 35.8 Å². The molecule has 4 heterocycles. The van der Waals surface area contributed by atoms with Gasteiger partial charge in [-0.25, -0.2) is 4.98 Å². The number of hydrogen-bond donors (Lipinski definition) is 1. The topological polar surface area (TPSA) is 132 Å². The highest BCUT2D eigenvalue weighted by Gasteiger charge is 2.27. The Bertz CT molecular complexity index is 1460. The predicted octanol–water partition coefficient (Wildman–Crippen LogP) is 3.39. The molecule has 1 atom stereocenters. The van der Waals surface area contributed by atoms with Crippen molar-refractivity contribution in [2.45, 2.75) is 44.9 Å². The van der Waals surface area contributed by atoms with Gasteiger partial charge in [0, 0.05) is 18.8 Å². The van der Waals surface area contributed by atoms with Crippen LogP contribution in [0.5, 0.6) is 5.75 Å². The van der Waals surface area contributed by atoms with Crippen LogP contribution in [0.4, 0.5) is 0 Å². The molecular formula is C26H28N4O6S. The van der Waals surface area contributed by atoms with E-state index >= 15 is 0 Å². The molecule has 1 amide bonds. The van der Waals surface area contributed by atoms with Crippen LogP contribution < -0.4 is 15.9 Å². The van der Waals surface area contributed by atoms with Gasteiger partial charge in [0.15, 0.2) is 0 Å². The van der Waals surface area contributed by atoms with Crippen molar-refractivity contribution in [2.24, 2.45) is 5.73 Å². The number of thiophene rings is 1. The first kappa shape index (κ1) is 25.1. The summed E-state index contributed by atoms with van der Waals surface area (Å²) in [5.41, 5.74) is 6.80. The molecule has 0 radical (unpaired) electrons. The highest BCUT2D eigenvalue weighted by molar-refractivity contribution is 7.22. The van der Waals surface area contributed by atoms with Crippen LogP contribution in [-0.2, 0) is 27.2 Å². The molecule has 37 heavy (non-hydrogen) atoms. The summed E-state index contributed by atoms with van der Waals surface area (Å²) in [6, 6.07) is 7.68. The van der Waals surface area contributed by atoms with Crippen LogP contribution in [0.3, 0.4) is 0 Å². The zero-order valence-electron chi connectivity index (χ0n) is 20.6. The van der Waals surface area contributed by atoms with Gasteiger partial charge in [-0.2, -0.15) is 5.10 Å². The average Bonchev–Trinajstić information content (AvgIpc) is 3.55. The molecule has 0 bridgehead atoms. The van der Waals surface area contributed by atoms with E-state index in [1.54, 1.807) is 18.0 Å². The van der Waals surface area contributed by atoms with Crippen molar-refractivity contribution in [3.63, 3.8) is 0 Å². The number of hydrogen-bond acceptors (Lipinski definition) is 9. The molecule has 1 saturated heterocycles. The van der Waals surface area contributed by atoms with Crippen molar-refractivity contribution < 1.29 is 23.4 Å². The van der Waals surface area contributed by atoms with Crippen molar-refractivity contribution in [3.05, 3.63) is 63.8 Å². The van der Waals surface area contributed by atoms with Crippen molar-refractivity contribution in [1.82, 2.24) is 14.8 Å². The number of aryl methyl sites for hydroxylation is 1. The lowest BCUT2D eigenvalue weighted by molar-refractivity contribution is -0.117. The Balaban J connectivity index is 1.65. The number of fused-ring (bicyclic) bond motifs is 1. The van der Waals surface area contributed by atoms with E-state index in [2.05, 4.69) is 10.1 Å². The maximum absolute atomic E-state index is 13.4. The summed E-state index contributed by atoms with van der Waals surface area (Å²) >= 11 is 1.36. The quantitative estimate of drug-likeness (QED) is 0.352. The van der Waals surface area contributed by atoms with Crippen LogP contribution in [0.15, 0.2) is 45.9 Å². The van der Waals surface area contributed by atoms with Gasteiger partial charge in [-0.3, -0.25) is 14.3 Å². The number of benzene rings is 1. The van der Waals surface area contributed by atoms with Crippen LogP contribution in [0, 0.1) is 6.92 Å². The lowest BCUT2D eigenvalue weighted by Crippen LogP contribution is -2.29. The molecule has 0 spiro atoms. The Morgan fingerprint density at radius 3 is 2.78 bits per heavy atom. The number of oxazole rings is 1. The Morgan fingerprint density at radius 1 is 1.30 bits per heavy atom. The molecular weight excluding hydrogens is 496 g/mol. The summed E-state index contributed by atoms with van der Waals surface area (Å²) < 4.78 is 25.0. The van der Waals surface area contributed by atoms with Gasteiger partial charge >= 0.3 is 0 Å². The first-order chi connectivity index (χ1) is 18.0. The maximum atomic E-state index is 13.4. The summed E-state index contributed by atoms with van der Waals surface area (Å²) in [7, 11) is 1.62. The highest BCUT2D eigenvalue weighted by atomic mass is 32.1. The van der Waals surface area contributed by atoms with Crippen LogP contribution in [-0.4, -0.2) is 47.1 Å². The van der Waals surface area contributed by atoms with Gasteiger partial charge in [0.2, 0.25) is 17.2 Å². The summed E-state index contributed by atoms with van der Waals surface area (Å²) in [5.74, 6) is 0.480. The minimum absolute atomic E-state index is 0.00317. The minimum Gasteiger partial charge on any atom is -0.496 e. The number of carbonyl (C=O) groups is 1. The fraction of sp³-hybridized carbons (Fsp3) is 0.385. The van der Waals surface area contributed by atoms with Gasteiger partial charge in [0.05, 0.1) is 42.6 Å². The number of rotatable bonds is 9. The molecule has 1 aliphatic rings. The van der Waals surface area contributed by atoms with Crippen LogP contribution >= 0.6 is 11.3 Å². The number of primary amides is 1. The van der Waals surface area contributed by atoms with E-state index in [0.717, 1.165) is 23.3 Å². The van der Waals surface area contributed by atoms with Crippen molar-refractivity contribution in [3.8, 4) is 16.5 Å². The molecule has 194 valence electrons. The molecule has 1 fully saturated rings. The van der Waals surface area contributed by atoms with E-state index in [4.69, 9.17) is 24.4 Å². The lowest BCUT2D eigenvalue weighted by Gasteiger charge is -2.29. The first-order valence-corrected chi connectivity index (χ1v) is 12.8. The second kappa shape index (κ2) is 10.8. The molecule has 5 rings (SSSR count). The van der Waals surface area contributed by atoms with Crippen LogP contribution in [0.25, 0.3) is 21.0 Å². The summed E-state index contributed by atoms with van der Waals surface area (Å²) in [6.45, 7) is 3.39. The fourth-order valence-electron chi connectivity index (χ4n) is 4.62. The summed E-state index contributed by atoms with van der Waals surface area (Å²) in [4.78, 5) is 30.8. The first-order valence-electron chi connectivity index (χ1n) is 12.0. The largest absolute Gasteiger partial charge is 0.496 e. The van der Waals surface area contributed by atoms with E-state index in [0.29, 0.717) is 40.6 Å². The molecule has 4 aromatic rings. The third-order valence-corrected chi connectivity index (χ3v) is 7.70. The van der Waals surface area contributed by atoms with E-state index in [1.807, 2.05) is 31.2 Å². The minimum atomic E-state index is -0.629. The molecule has 0 saturated carbocycles. The van der Waals surface area contributed by atoms with E-state index < -0.39 is 12.0 Å². The SMILES string of the molecule is COc1ccccc1C(Cn1nc(CC(N)=O)c(=O)c2c(C)c(-c3ncco3)sc21)OC1CCOCC1. The number of nitrogens with two attached hydrogens (primary N) is 1. The number of aromatic nitrogens is 3. The molecule has 2 N–H and O–H groups in total. The number of methoxy groups -OCH3 is 1. The molecule has 1 aliphatic heterocycles. The van der Waals surface area contributed by atoms with Crippen molar-refractivity contribution >= 4 is 27.5 Å². The zero-order valence-corrected chi connectivity index (χ0v) is 21.5. The Kier molecular flexibility index (Phi) is 7.36. The molecule has 10 nitrogen and oxygen atoms in total. The molecule has 1 aromatic carbocycles. The van der Waals surface area contributed by atoms with Gasteiger partial charge in [0.25, 0.3) is 0 Å². The summed E-state index contributed by atoms with van der Waals surface area (Å²) in [5, 5.41) is 5.07. The number of nitrogens with zero attached hydrogens (tertiary/aromatic N) is 3. The van der Waals surface area contributed by atoms with E-state index in [9.17, 15) is 9.59 Å². The smallest absolute Gasteiger partial charge is 0.236 e. The van der Waals surface area contributed by atoms with E-state index in [1.165, 1.54) is 17.6 Å². The van der Waals surface area contributed by atoms with E-state index in [-0.39, 0.29) is 30.2 Å². The monoisotopic (exact) mass is 524 g/mol. The number of para-hydroxylation sites is 1. The third-order valence-electron chi connectivity index (χ3n) is 6.41. The normalized spacial score (nSPS) is 15.2. The van der Waals surface area contributed by atoms with Gasteiger partial charge < -0.3 is 24.4 Å². The van der Waals surface area contributed by atoms with Crippen molar-refractivity contribution in [2.75, 3.05) is 20.3 Å². The van der Waals surface area contributed by atoms with Crippen molar-refractivity contribution in [1.29, 1.82) is 0 Å². The second-order valence-electron chi connectivity index (χ2n) is 8.85. The van der Waals surface area contributed by atoms with Gasteiger partial charge in [0.1, 0.15) is 28.6 Å². The Morgan fingerprint density at radius 2 is 2.08 bits per heavy atom. The number of ether oxygens (including phenoxy) is 3.